The molecule has 5 heteroatoms. The molecule has 5 nitrogen and oxygen atoms in total. The zero-order chi connectivity index (χ0) is 7.56. The molecule has 1 aliphatic heterocycles. The third-order valence-electron chi connectivity index (χ3n) is 0.986. The van der Waals surface area contributed by atoms with Crippen LogP contribution in [-0.4, -0.2) is 16.7 Å². The molecule has 0 bridgehead atoms. The molecule has 1 rings (SSSR count). The lowest BCUT2D eigenvalue weighted by Crippen LogP contribution is -2.14. The SMILES string of the molecule is O=C1CC=CC([N+](=O)[O-])=N1. The number of hydrogen-bond acceptors (Lipinski definition) is 3. The topological polar surface area (TPSA) is 72.6 Å². The van der Waals surface area contributed by atoms with Gasteiger partial charge in [0.1, 0.15) is 0 Å². The maximum Gasteiger partial charge on any atom is 0.367 e. The van der Waals surface area contributed by atoms with E-state index in [9.17, 15) is 14.9 Å². The highest BCUT2D eigenvalue weighted by atomic mass is 16.6. The van der Waals surface area contributed by atoms with E-state index >= 15 is 0 Å². The van der Waals surface area contributed by atoms with E-state index in [2.05, 4.69) is 4.99 Å². The van der Waals surface area contributed by atoms with Crippen LogP contribution >= 0.6 is 0 Å². The van der Waals surface area contributed by atoms with Crippen molar-refractivity contribution >= 4 is 11.7 Å². The highest BCUT2D eigenvalue weighted by Gasteiger charge is 2.16. The molecule has 0 saturated heterocycles. The molecule has 0 aromatic heterocycles. The van der Waals surface area contributed by atoms with E-state index in [1.807, 2.05) is 0 Å². The molecule has 1 aliphatic rings. The van der Waals surface area contributed by atoms with Gasteiger partial charge < -0.3 is 10.1 Å². The number of aliphatic imine (C=N–C) groups is 1. The van der Waals surface area contributed by atoms with Crippen molar-refractivity contribution in [3.63, 3.8) is 0 Å². The molecule has 0 saturated carbocycles. The summed E-state index contributed by atoms with van der Waals surface area (Å²) in [6.07, 6.45) is 2.81. The largest absolute Gasteiger partial charge is 0.367 e. The van der Waals surface area contributed by atoms with Crippen LogP contribution in [0.25, 0.3) is 0 Å². The summed E-state index contributed by atoms with van der Waals surface area (Å²) >= 11 is 0. The molecule has 0 aromatic carbocycles. The van der Waals surface area contributed by atoms with Gasteiger partial charge in [-0.05, 0) is 4.92 Å². The molecule has 0 fully saturated rings. The van der Waals surface area contributed by atoms with Gasteiger partial charge in [-0.2, -0.15) is 0 Å². The first-order valence-electron chi connectivity index (χ1n) is 2.62. The van der Waals surface area contributed by atoms with Crippen LogP contribution in [0, 0.1) is 10.1 Å². The lowest BCUT2D eigenvalue weighted by molar-refractivity contribution is -0.348. The molecule has 1 heterocycles. The monoisotopic (exact) mass is 140 g/mol. The lowest BCUT2D eigenvalue weighted by Gasteiger charge is -1.93. The van der Waals surface area contributed by atoms with Crippen LogP contribution < -0.4 is 0 Å². The second-order valence-electron chi connectivity index (χ2n) is 1.73. The van der Waals surface area contributed by atoms with Crippen molar-refractivity contribution in [1.29, 1.82) is 0 Å². The number of carbonyl (C=O) groups excluding carboxylic acids is 1. The van der Waals surface area contributed by atoms with Crippen molar-refractivity contribution in [1.82, 2.24) is 0 Å². The minimum atomic E-state index is -0.687. The van der Waals surface area contributed by atoms with Gasteiger partial charge in [-0.3, -0.25) is 0 Å². The summed E-state index contributed by atoms with van der Waals surface area (Å²) in [5.74, 6) is -0.842. The number of amidine groups is 1. The third-order valence-corrected chi connectivity index (χ3v) is 0.986. The van der Waals surface area contributed by atoms with Crippen molar-refractivity contribution < 1.29 is 9.72 Å². The van der Waals surface area contributed by atoms with Gasteiger partial charge in [0.15, 0.2) is 0 Å². The summed E-state index contributed by atoms with van der Waals surface area (Å²) in [6, 6.07) is 0. The van der Waals surface area contributed by atoms with Crippen molar-refractivity contribution in [2.24, 2.45) is 4.99 Å². The van der Waals surface area contributed by atoms with Gasteiger partial charge in [0.05, 0.1) is 6.42 Å². The number of hydrogen-bond donors (Lipinski definition) is 0. The lowest BCUT2D eigenvalue weighted by atomic mass is 10.3. The fraction of sp³-hybridized carbons (Fsp3) is 0.200. The summed E-state index contributed by atoms with van der Waals surface area (Å²) in [5, 5.41) is 9.97. The number of nitro groups is 1. The van der Waals surface area contributed by atoms with Gasteiger partial charge in [-0.15, -0.1) is 0 Å². The Bertz CT molecular complexity index is 239. The maximum absolute atomic E-state index is 10.4. The standard InChI is InChI=1S/C5H4N2O3/c8-5-3-1-2-4(6-5)7(9)10/h1-2H,3H2. The molecule has 0 N–H and O–H groups in total. The molecular formula is C5H4N2O3. The van der Waals surface area contributed by atoms with E-state index in [4.69, 9.17) is 0 Å². The molecule has 0 atom stereocenters. The molecule has 0 unspecified atom stereocenters. The Morgan fingerprint density at radius 2 is 2.40 bits per heavy atom. The van der Waals surface area contributed by atoms with Crippen LogP contribution in [0.4, 0.5) is 0 Å². The first-order valence-corrected chi connectivity index (χ1v) is 2.62. The Labute approximate surface area is 56.2 Å². The molecule has 0 radical (unpaired) electrons. The van der Waals surface area contributed by atoms with Gasteiger partial charge in [-0.1, -0.05) is 6.08 Å². The van der Waals surface area contributed by atoms with Crippen LogP contribution in [0.5, 0.6) is 0 Å². The van der Waals surface area contributed by atoms with Crippen molar-refractivity contribution in [3.8, 4) is 0 Å². The van der Waals surface area contributed by atoms with E-state index in [1.54, 1.807) is 0 Å². The highest BCUT2D eigenvalue weighted by molar-refractivity contribution is 5.99. The van der Waals surface area contributed by atoms with Gasteiger partial charge in [-0.25, -0.2) is 4.79 Å². The predicted octanol–water partition coefficient (Wildman–Crippen LogP) is 0.148. The average Bonchev–Trinajstić information content (AvgIpc) is 1.88. The molecular weight excluding hydrogens is 136 g/mol. The average molecular weight is 140 g/mol. The quantitative estimate of drug-likeness (QED) is 0.355. The summed E-state index contributed by atoms with van der Waals surface area (Å²) in [6.45, 7) is 0. The van der Waals surface area contributed by atoms with Crippen LogP contribution in [0.3, 0.4) is 0 Å². The fourth-order valence-corrected chi connectivity index (χ4v) is 0.578. The van der Waals surface area contributed by atoms with E-state index in [1.165, 1.54) is 12.2 Å². The molecule has 0 aliphatic carbocycles. The Morgan fingerprint density at radius 1 is 1.70 bits per heavy atom. The zero-order valence-electron chi connectivity index (χ0n) is 4.98. The van der Waals surface area contributed by atoms with Crippen LogP contribution in [-0.2, 0) is 4.79 Å². The summed E-state index contributed by atoms with van der Waals surface area (Å²) in [7, 11) is 0. The Kier molecular flexibility index (Phi) is 1.57. The minimum Gasteiger partial charge on any atom is -0.358 e. The van der Waals surface area contributed by atoms with Crippen molar-refractivity contribution in [2.45, 2.75) is 6.42 Å². The van der Waals surface area contributed by atoms with E-state index in [0.29, 0.717) is 0 Å². The Hall–Kier alpha value is -1.52. The van der Waals surface area contributed by atoms with E-state index in [-0.39, 0.29) is 12.3 Å². The molecule has 52 valence electrons. The van der Waals surface area contributed by atoms with E-state index < -0.39 is 10.8 Å². The number of rotatable bonds is 0. The smallest absolute Gasteiger partial charge is 0.358 e. The Balaban J connectivity index is 2.86. The molecule has 10 heavy (non-hydrogen) atoms. The first kappa shape index (κ1) is 6.60. The van der Waals surface area contributed by atoms with Gasteiger partial charge in [0.2, 0.25) is 0 Å². The summed E-state index contributed by atoms with van der Waals surface area (Å²) in [4.78, 5) is 22.9. The third kappa shape index (κ3) is 1.25. The molecule has 1 amide bonds. The second-order valence-corrected chi connectivity index (χ2v) is 1.73. The number of carbonyl (C=O) groups is 1. The number of amides is 1. The first-order chi connectivity index (χ1) is 4.70. The normalized spacial score (nSPS) is 16.8. The molecule has 0 aromatic rings. The fourth-order valence-electron chi connectivity index (χ4n) is 0.578. The summed E-state index contributed by atoms with van der Waals surface area (Å²) < 4.78 is 0. The zero-order valence-corrected chi connectivity index (χ0v) is 4.98. The van der Waals surface area contributed by atoms with Gasteiger partial charge in [0.25, 0.3) is 0 Å². The summed E-state index contributed by atoms with van der Waals surface area (Å²) in [5.41, 5.74) is 0. The Morgan fingerprint density at radius 3 is 2.80 bits per heavy atom. The minimum absolute atomic E-state index is 0.164. The van der Waals surface area contributed by atoms with Gasteiger partial charge >= 0.3 is 11.7 Å². The van der Waals surface area contributed by atoms with Crippen molar-refractivity contribution in [3.05, 3.63) is 22.3 Å². The van der Waals surface area contributed by atoms with Crippen LogP contribution in [0.15, 0.2) is 17.1 Å². The van der Waals surface area contributed by atoms with Crippen LogP contribution in [0.1, 0.15) is 6.42 Å². The van der Waals surface area contributed by atoms with Crippen molar-refractivity contribution in [2.75, 3.05) is 0 Å². The maximum atomic E-state index is 10.4. The predicted molar refractivity (Wildman–Crippen MR) is 33.2 cm³/mol. The highest BCUT2D eigenvalue weighted by Crippen LogP contribution is 1.98. The second kappa shape index (κ2) is 2.38. The van der Waals surface area contributed by atoms with Crippen LogP contribution in [0.2, 0.25) is 0 Å². The molecule has 0 spiro atoms. The number of nitrogens with zero attached hydrogens (tertiary/aromatic N) is 2. The number of dihydropyridines is 1. The van der Waals surface area contributed by atoms with Gasteiger partial charge in [0, 0.05) is 11.1 Å². The van der Waals surface area contributed by atoms with E-state index in [0.717, 1.165) is 0 Å².